The first kappa shape index (κ1) is 17.2. The third-order valence-electron chi connectivity index (χ3n) is 1.92. The molecule has 1 aromatic rings. The standard InChI is InChI=1S/C10H12Cl2NO6P/c11-5-7-17-20(16,18-8-6-12)19-10-3-1-9(2-4-10)13(14)15/h1-4H,5-8H2. The molecule has 0 saturated carbocycles. The lowest BCUT2D eigenvalue weighted by atomic mass is 10.3. The lowest BCUT2D eigenvalue weighted by Crippen LogP contribution is -2.06. The molecule has 0 unspecified atom stereocenters. The van der Waals surface area contributed by atoms with Crippen molar-refractivity contribution in [1.29, 1.82) is 0 Å². The van der Waals surface area contributed by atoms with Crippen molar-refractivity contribution in [1.82, 2.24) is 0 Å². The Labute approximate surface area is 125 Å². The molecule has 1 aromatic carbocycles. The van der Waals surface area contributed by atoms with Crippen molar-refractivity contribution in [3.8, 4) is 5.75 Å². The quantitative estimate of drug-likeness (QED) is 0.294. The van der Waals surface area contributed by atoms with E-state index in [9.17, 15) is 14.7 Å². The average Bonchev–Trinajstić information content (AvgIpc) is 2.44. The summed E-state index contributed by atoms with van der Waals surface area (Å²) in [7, 11) is -3.85. The Morgan fingerprint density at radius 1 is 1.10 bits per heavy atom. The highest BCUT2D eigenvalue weighted by Gasteiger charge is 2.28. The summed E-state index contributed by atoms with van der Waals surface area (Å²) >= 11 is 10.9. The number of rotatable bonds is 9. The first-order valence-corrected chi connectivity index (χ1v) is 7.99. The zero-order valence-corrected chi connectivity index (χ0v) is 12.6. The fraction of sp³-hybridized carbons (Fsp3) is 0.400. The Morgan fingerprint density at radius 2 is 1.60 bits per heavy atom. The lowest BCUT2D eigenvalue weighted by Gasteiger charge is -2.17. The van der Waals surface area contributed by atoms with Crippen molar-refractivity contribution < 1.29 is 23.1 Å². The van der Waals surface area contributed by atoms with E-state index in [1.807, 2.05) is 0 Å². The van der Waals surface area contributed by atoms with Crippen molar-refractivity contribution in [2.75, 3.05) is 25.0 Å². The number of nitro groups is 1. The Balaban J connectivity index is 2.77. The molecule has 0 N–H and O–H groups in total. The smallest absolute Gasteiger partial charge is 0.404 e. The highest BCUT2D eigenvalue weighted by Crippen LogP contribution is 2.49. The summed E-state index contributed by atoms with van der Waals surface area (Å²) in [6, 6.07) is 5.00. The van der Waals surface area contributed by atoms with Gasteiger partial charge >= 0.3 is 7.82 Å². The van der Waals surface area contributed by atoms with E-state index >= 15 is 0 Å². The molecule has 1 rings (SSSR count). The number of hydrogen-bond donors (Lipinski definition) is 0. The van der Waals surface area contributed by atoms with Gasteiger partial charge in [-0.25, -0.2) is 4.57 Å². The van der Waals surface area contributed by atoms with E-state index in [2.05, 4.69) is 0 Å². The van der Waals surface area contributed by atoms with E-state index in [0.717, 1.165) is 0 Å². The van der Waals surface area contributed by atoms with Gasteiger partial charge in [0.1, 0.15) is 5.75 Å². The minimum Gasteiger partial charge on any atom is -0.404 e. The van der Waals surface area contributed by atoms with Gasteiger partial charge in [-0.05, 0) is 12.1 Å². The first-order valence-electron chi connectivity index (χ1n) is 5.46. The van der Waals surface area contributed by atoms with Crippen LogP contribution in [0.15, 0.2) is 24.3 Å². The van der Waals surface area contributed by atoms with Crippen LogP contribution >= 0.6 is 31.0 Å². The molecule has 0 saturated heterocycles. The molecular formula is C10H12Cl2NO6P. The number of phosphoric ester groups is 1. The molecule has 0 aliphatic rings. The third-order valence-corrected chi connectivity index (χ3v) is 3.66. The van der Waals surface area contributed by atoms with E-state index in [1.165, 1.54) is 24.3 Å². The number of benzene rings is 1. The highest BCUT2D eigenvalue weighted by molar-refractivity contribution is 7.48. The van der Waals surface area contributed by atoms with E-state index in [0.29, 0.717) is 0 Å². The molecular weight excluding hydrogens is 332 g/mol. The van der Waals surface area contributed by atoms with Crippen LogP contribution in [-0.4, -0.2) is 29.9 Å². The molecule has 0 atom stereocenters. The van der Waals surface area contributed by atoms with Crippen LogP contribution in [-0.2, 0) is 13.6 Å². The normalized spacial score (nSPS) is 11.3. The molecule has 0 radical (unpaired) electrons. The first-order chi connectivity index (χ1) is 9.50. The molecule has 20 heavy (non-hydrogen) atoms. The van der Waals surface area contributed by atoms with Crippen molar-refractivity contribution >= 4 is 36.7 Å². The second-order valence-corrected chi connectivity index (χ2v) is 5.68. The van der Waals surface area contributed by atoms with Gasteiger partial charge in [0.15, 0.2) is 0 Å². The molecule has 0 fully saturated rings. The molecule has 0 bridgehead atoms. The van der Waals surface area contributed by atoms with Crippen LogP contribution in [0.2, 0.25) is 0 Å². The molecule has 0 amide bonds. The summed E-state index contributed by atoms with van der Waals surface area (Å²) < 4.78 is 27.2. The van der Waals surface area contributed by atoms with Gasteiger partial charge in [-0.2, -0.15) is 0 Å². The van der Waals surface area contributed by atoms with Crippen LogP contribution in [0.5, 0.6) is 5.75 Å². The summed E-state index contributed by atoms with van der Waals surface area (Å²) in [5.74, 6) is 0.332. The Kier molecular flexibility index (Phi) is 7.26. The van der Waals surface area contributed by atoms with Crippen molar-refractivity contribution in [3.05, 3.63) is 34.4 Å². The number of phosphoric acid groups is 1. The molecule has 0 aliphatic heterocycles. The minimum atomic E-state index is -3.85. The van der Waals surface area contributed by atoms with Crippen LogP contribution in [0.1, 0.15) is 0 Å². The van der Waals surface area contributed by atoms with Crippen LogP contribution in [0.4, 0.5) is 5.69 Å². The van der Waals surface area contributed by atoms with Crippen LogP contribution in [0, 0.1) is 10.1 Å². The fourth-order valence-electron chi connectivity index (χ4n) is 1.14. The lowest BCUT2D eigenvalue weighted by molar-refractivity contribution is -0.384. The topological polar surface area (TPSA) is 87.9 Å². The molecule has 0 heterocycles. The maximum atomic E-state index is 12.2. The van der Waals surface area contributed by atoms with Crippen LogP contribution in [0.3, 0.4) is 0 Å². The predicted molar refractivity (Wildman–Crippen MR) is 74.7 cm³/mol. The molecule has 0 aliphatic carbocycles. The SMILES string of the molecule is O=[N+]([O-])c1ccc(OP(=O)(OCCCl)OCCCl)cc1. The number of nitro benzene ring substituents is 1. The van der Waals surface area contributed by atoms with E-state index in [4.69, 9.17) is 36.8 Å². The highest BCUT2D eigenvalue weighted by atomic mass is 35.5. The molecule has 10 heteroatoms. The van der Waals surface area contributed by atoms with Gasteiger partial charge < -0.3 is 4.52 Å². The fourth-order valence-corrected chi connectivity index (χ4v) is 2.70. The molecule has 0 aromatic heterocycles. The van der Waals surface area contributed by atoms with E-state index in [-0.39, 0.29) is 36.4 Å². The number of nitrogens with zero attached hydrogens (tertiary/aromatic N) is 1. The van der Waals surface area contributed by atoms with Gasteiger partial charge in [0, 0.05) is 23.9 Å². The maximum Gasteiger partial charge on any atom is 0.530 e. The van der Waals surface area contributed by atoms with Crippen molar-refractivity contribution in [2.24, 2.45) is 0 Å². The molecule has 7 nitrogen and oxygen atoms in total. The van der Waals surface area contributed by atoms with Crippen molar-refractivity contribution in [3.63, 3.8) is 0 Å². The van der Waals surface area contributed by atoms with Crippen molar-refractivity contribution in [2.45, 2.75) is 0 Å². The minimum absolute atomic E-state index is 0.0336. The van der Waals surface area contributed by atoms with Gasteiger partial charge in [-0.15, -0.1) is 23.2 Å². The number of non-ortho nitro benzene ring substituents is 1. The van der Waals surface area contributed by atoms with E-state index in [1.54, 1.807) is 0 Å². The van der Waals surface area contributed by atoms with E-state index < -0.39 is 12.7 Å². The summed E-state index contributed by atoms with van der Waals surface area (Å²) in [4.78, 5) is 9.95. The van der Waals surface area contributed by atoms with Crippen LogP contribution < -0.4 is 4.52 Å². The summed E-state index contributed by atoms with van der Waals surface area (Å²) in [5.41, 5.74) is -0.115. The monoisotopic (exact) mass is 343 g/mol. The Morgan fingerprint density at radius 3 is 2.00 bits per heavy atom. The van der Waals surface area contributed by atoms with Gasteiger partial charge in [0.2, 0.25) is 0 Å². The Bertz CT molecular complexity index is 471. The Hall–Kier alpha value is -0.850. The van der Waals surface area contributed by atoms with Gasteiger partial charge in [0.05, 0.1) is 18.1 Å². The second kappa shape index (κ2) is 8.44. The largest absolute Gasteiger partial charge is 0.530 e. The average molecular weight is 344 g/mol. The van der Waals surface area contributed by atoms with Gasteiger partial charge in [-0.3, -0.25) is 19.2 Å². The van der Waals surface area contributed by atoms with Crippen LogP contribution in [0.25, 0.3) is 0 Å². The summed E-state index contributed by atoms with van der Waals surface area (Å²) in [5, 5.41) is 10.5. The molecule has 112 valence electrons. The second-order valence-electron chi connectivity index (χ2n) is 3.33. The third kappa shape index (κ3) is 5.64. The number of hydrogen-bond acceptors (Lipinski definition) is 6. The summed E-state index contributed by atoms with van der Waals surface area (Å²) in [6.45, 7) is -0.0673. The van der Waals surface area contributed by atoms with Gasteiger partial charge in [0.25, 0.3) is 5.69 Å². The summed E-state index contributed by atoms with van der Waals surface area (Å²) in [6.07, 6.45) is 0. The number of alkyl halides is 2. The number of halogens is 2. The van der Waals surface area contributed by atoms with Gasteiger partial charge in [-0.1, -0.05) is 0 Å². The maximum absolute atomic E-state index is 12.2. The molecule has 0 spiro atoms. The zero-order valence-electron chi connectivity index (χ0n) is 10.2. The zero-order chi connectivity index (χ0) is 15.0. The predicted octanol–water partition coefficient (Wildman–Crippen LogP) is 3.59.